The zero-order valence-electron chi connectivity index (χ0n) is 9.81. The van der Waals surface area contributed by atoms with Gasteiger partial charge in [0.05, 0.1) is 5.84 Å². The summed E-state index contributed by atoms with van der Waals surface area (Å²) in [5.41, 5.74) is 2.49. The van der Waals surface area contributed by atoms with Crippen molar-refractivity contribution in [2.45, 2.75) is 33.2 Å². The van der Waals surface area contributed by atoms with Crippen LogP contribution in [-0.4, -0.2) is 17.3 Å². The quantitative estimate of drug-likeness (QED) is 0.815. The number of halogens is 1. The standard InChI is InChI=1S/C13H17FN2/c1-9-6-11(7-10(2)13(9)14)8-16-5-3-4-12(16)15/h6-7,15H,3-5,8H2,1-2H3. The normalized spacial score (nSPS) is 15.9. The lowest BCUT2D eigenvalue weighted by Crippen LogP contribution is -2.23. The van der Waals surface area contributed by atoms with E-state index in [0.717, 1.165) is 31.5 Å². The molecule has 16 heavy (non-hydrogen) atoms. The van der Waals surface area contributed by atoms with Gasteiger partial charge in [-0.2, -0.15) is 0 Å². The summed E-state index contributed by atoms with van der Waals surface area (Å²) in [5, 5.41) is 7.76. The Morgan fingerprint density at radius 1 is 1.31 bits per heavy atom. The van der Waals surface area contributed by atoms with Crippen LogP contribution in [0.25, 0.3) is 0 Å². The number of rotatable bonds is 2. The third-order valence-electron chi connectivity index (χ3n) is 3.09. The fraction of sp³-hybridized carbons (Fsp3) is 0.462. The van der Waals surface area contributed by atoms with Gasteiger partial charge in [-0.3, -0.25) is 5.41 Å². The van der Waals surface area contributed by atoms with Crippen molar-refractivity contribution in [3.63, 3.8) is 0 Å². The Balaban J connectivity index is 2.18. The smallest absolute Gasteiger partial charge is 0.129 e. The molecule has 1 heterocycles. The molecule has 1 saturated heterocycles. The fourth-order valence-corrected chi connectivity index (χ4v) is 2.25. The highest BCUT2D eigenvalue weighted by Crippen LogP contribution is 2.19. The van der Waals surface area contributed by atoms with Gasteiger partial charge < -0.3 is 4.90 Å². The van der Waals surface area contributed by atoms with E-state index in [1.54, 1.807) is 13.8 Å². The summed E-state index contributed by atoms with van der Waals surface area (Å²) in [7, 11) is 0. The maximum Gasteiger partial charge on any atom is 0.129 e. The third-order valence-corrected chi connectivity index (χ3v) is 3.09. The van der Waals surface area contributed by atoms with Crippen LogP contribution in [0.4, 0.5) is 4.39 Å². The van der Waals surface area contributed by atoms with Crippen LogP contribution in [0.3, 0.4) is 0 Å². The molecular weight excluding hydrogens is 203 g/mol. The van der Waals surface area contributed by atoms with E-state index in [1.165, 1.54) is 0 Å². The number of nitrogens with zero attached hydrogens (tertiary/aromatic N) is 1. The number of aryl methyl sites for hydroxylation is 2. The highest BCUT2D eigenvalue weighted by molar-refractivity contribution is 5.80. The Morgan fingerprint density at radius 2 is 1.94 bits per heavy atom. The fourth-order valence-electron chi connectivity index (χ4n) is 2.25. The van der Waals surface area contributed by atoms with Crippen LogP contribution in [0, 0.1) is 25.1 Å². The second-order valence-electron chi connectivity index (χ2n) is 4.52. The topological polar surface area (TPSA) is 27.1 Å². The Hall–Kier alpha value is -1.38. The molecule has 1 fully saturated rings. The Morgan fingerprint density at radius 3 is 2.44 bits per heavy atom. The summed E-state index contributed by atoms with van der Waals surface area (Å²) >= 11 is 0. The second kappa shape index (κ2) is 4.24. The Labute approximate surface area is 95.6 Å². The molecule has 86 valence electrons. The minimum atomic E-state index is -0.111. The zero-order chi connectivity index (χ0) is 11.7. The maximum absolute atomic E-state index is 13.4. The molecule has 1 aliphatic rings. The van der Waals surface area contributed by atoms with E-state index in [9.17, 15) is 4.39 Å². The van der Waals surface area contributed by atoms with Crippen molar-refractivity contribution in [2.24, 2.45) is 0 Å². The maximum atomic E-state index is 13.4. The molecular formula is C13H17FN2. The van der Waals surface area contributed by atoms with Crippen molar-refractivity contribution < 1.29 is 4.39 Å². The first kappa shape index (κ1) is 11.1. The van der Waals surface area contributed by atoms with Crippen molar-refractivity contribution in [3.05, 3.63) is 34.6 Å². The Bertz CT molecular complexity index is 403. The summed E-state index contributed by atoms with van der Waals surface area (Å²) < 4.78 is 13.4. The summed E-state index contributed by atoms with van der Waals surface area (Å²) in [5.74, 6) is 0.597. The lowest BCUT2D eigenvalue weighted by molar-refractivity contribution is 0.445. The molecule has 3 heteroatoms. The first-order chi connectivity index (χ1) is 7.58. The number of likely N-dealkylation sites (tertiary alicyclic amines) is 1. The van der Waals surface area contributed by atoms with Crippen molar-refractivity contribution in [3.8, 4) is 0 Å². The molecule has 2 nitrogen and oxygen atoms in total. The van der Waals surface area contributed by atoms with Crippen LogP contribution in [0.2, 0.25) is 0 Å². The molecule has 0 aliphatic carbocycles. The third kappa shape index (κ3) is 2.08. The molecule has 0 aromatic heterocycles. The highest BCUT2D eigenvalue weighted by Gasteiger charge is 2.17. The molecule has 0 radical (unpaired) electrons. The molecule has 0 bridgehead atoms. The van der Waals surface area contributed by atoms with Gasteiger partial charge in [-0.15, -0.1) is 0 Å². The molecule has 1 aromatic carbocycles. The van der Waals surface area contributed by atoms with Crippen LogP contribution in [-0.2, 0) is 6.54 Å². The van der Waals surface area contributed by atoms with E-state index in [-0.39, 0.29) is 5.82 Å². The van der Waals surface area contributed by atoms with E-state index >= 15 is 0 Å². The summed E-state index contributed by atoms with van der Waals surface area (Å²) in [4.78, 5) is 2.06. The van der Waals surface area contributed by atoms with Crippen LogP contribution in [0.15, 0.2) is 12.1 Å². The number of amidine groups is 1. The number of nitrogens with one attached hydrogen (secondary N) is 1. The lowest BCUT2D eigenvalue weighted by Gasteiger charge is -2.18. The Kier molecular flexibility index (Phi) is 2.95. The van der Waals surface area contributed by atoms with E-state index in [2.05, 4.69) is 4.90 Å². The second-order valence-corrected chi connectivity index (χ2v) is 4.52. The molecule has 0 spiro atoms. The van der Waals surface area contributed by atoms with Crippen LogP contribution >= 0.6 is 0 Å². The van der Waals surface area contributed by atoms with Gasteiger partial charge in [-0.25, -0.2) is 4.39 Å². The summed E-state index contributed by atoms with van der Waals surface area (Å²) in [6, 6.07) is 3.77. The molecule has 1 aromatic rings. The van der Waals surface area contributed by atoms with Crippen LogP contribution < -0.4 is 0 Å². The SMILES string of the molecule is Cc1cc(CN2CCCC2=N)cc(C)c1F. The first-order valence-electron chi connectivity index (χ1n) is 5.66. The number of benzene rings is 1. The average Bonchev–Trinajstić information content (AvgIpc) is 2.61. The lowest BCUT2D eigenvalue weighted by atomic mass is 10.1. The van der Waals surface area contributed by atoms with Crippen molar-refractivity contribution in [1.29, 1.82) is 5.41 Å². The van der Waals surface area contributed by atoms with Crippen molar-refractivity contribution in [2.75, 3.05) is 6.54 Å². The van der Waals surface area contributed by atoms with Gasteiger partial charge in [0.2, 0.25) is 0 Å². The molecule has 1 aliphatic heterocycles. The van der Waals surface area contributed by atoms with Crippen LogP contribution in [0.5, 0.6) is 0 Å². The van der Waals surface area contributed by atoms with Gasteiger partial charge in [-0.1, -0.05) is 12.1 Å². The zero-order valence-corrected chi connectivity index (χ0v) is 9.81. The summed E-state index contributed by atoms with van der Waals surface area (Å²) in [6.07, 6.45) is 1.94. The first-order valence-corrected chi connectivity index (χ1v) is 5.66. The van der Waals surface area contributed by atoms with Crippen LogP contribution in [0.1, 0.15) is 29.5 Å². The monoisotopic (exact) mass is 220 g/mol. The van der Waals surface area contributed by atoms with Gasteiger partial charge in [0.25, 0.3) is 0 Å². The van der Waals surface area contributed by atoms with E-state index in [0.29, 0.717) is 17.0 Å². The predicted octanol–water partition coefficient (Wildman–Crippen LogP) is 3.02. The molecule has 2 rings (SSSR count). The molecule has 0 unspecified atom stereocenters. The van der Waals surface area contributed by atoms with Crippen molar-refractivity contribution >= 4 is 5.84 Å². The van der Waals surface area contributed by atoms with Gasteiger partial charge in [0.15, 0.2) is 0 Å². The van der Waals surface area contributed by atoms with E-state index in [4.69, 9.17) is 5.41 Å². The van der Waals surface area contributed by atoms with Gasteiger partial charge in [-0.05, 0) is 37.0 Å². The van der Waals surface area contributed by atoms with Gasteiger partial charge >= 0.3 is 0 Å². The molecule has 0 amide bonds. The summed E-state index contributed by atoms with van der Waals surface area (Å²) in [6.45, 7) is 5.28. The van der Waals surface area contributed by atoms with E-state index < -0.39 is 0 Å². The van der Waals surface area contributed by atoms with E-state index in [1.807, 2.05) is 12.1 Å². The number of hydrogen-bond acceptors (Lipinski definition) is 1. The van der Waals surface area contributed by atoms with Gasteiger partial charge in [0, 0.05) is 19.5 Å². The molecule has 0 saturated carbocycles. The average molecular weight is 220 g/mol. The molecule has 0 atom stereocenters. The molecule has 1 N–H and O–H groups in total. The minimum Gasteiger partial charge on any atom is -0.356 e. The largest absolute Gasteiger partial charge is 0.356 e. The highest BCUT2D eigenvalue weighted by atomic mass is 19.1. The minimum absolute atomic E-state index is 0.111. The van der Waals surface area contributed by atoms with Gasteiger partial charge in [0.1, 0.15) is 5.82 Å². The van der Waals surface area contributed by atoms with Crippen molar-refractivity contribution in [1.82, 2.24) is 4.90 Å². The number of hydrogen-bond donors (Lipinski definition) is 1. The predicted molar refractivity (Wildman–Crippen MR) is 63.2 cm³/mol.